The van der Waals surface area contributed by atoms with Gasteiger partial charge in [-0.15, -0.1) is 5.10 Å². The van der Waals surface area contributed by atoms with Gasteiger partial charge in [0.25, 0.3) is 11.7 Å². The lowest BCUT2D eigenvalue weighted by Gasteiger charge is -2.18. The van der Waals surface area contributed by atoms with Crippen molar-refractivity contribution in [3.8, 4) is 22.8 Å². The molecule has 2 N–H and O–H groups in total. The maximum Gasteiger partial charge on any atom is 0.342 e. The molecule has 0 unspecified atom stereocenters. The van der Waals surface area contributed by atoms with Crippen molar-refractivity contribution < 1.29 is 24.0 Å². The van der Waals surface area contributed by atoms with Crippen LogP contribution in [-0.4, -0.2) is 40.6 Å². The van der Waals surface area contributed by atoms with E-state index in [1.165, 1.54) is 23.5 Å². The average molecular weight is 558 g/mol. The summed E-state index contributed by atoms with van der Waals surface area (Å²) >= 11 is 1.28. The molecular formula is C30H31N5O4S. The number of aromatic amines is 1. The lowest BCUT2D eigenvalue weighted by molar-refractivity contribution is -0.625. The smallest absolute Gasteiger partial charge is 0.342 e. The van der Waals surface area contributed by atoms with Gasteiger partial charge in [-0.3, -0.25) is 4.79 Å². The van der Waals surface area contributed by atoms with Crippen LogP contribution in [0.25, 0.3) is 17.1 Å². The second-order valence-electron chi connectivity index (χ2n) is 10.1. The Labute approximate surface area is 237 Å². The van der Waals surface area contributed by atoms with E-state index >= 15 is 0 Å². The Morgan fingerprint density at radius 1 is 1.07 bits per heavy atom. The summed E-state index contributed by atoms with van der Waals surface area (Å²) in [6.45, 7) is 7.99. The van der Waals surface area contributed by atoms with Gasteiger partial charge in [0.1, 0.15) is 18.0 Å². The lowest BCUT2D eigenvalue weighted by Crippen LogP contribution is -2.34. The molecule has 4 aromatic rings. The second kappa shape index (κ2) is 12.6. The second-order valence-corrected chi connectivity index (χ2v) is 11.1. The fraction of sp³-hybridized carbons (Fsp3) is 0.233. The standard InChI is InChI=1S/C30H31N5O4S/c1-20-9-15-24(16-10-20)35-28(21-11-13-23(14-12-21)30(2,3)4)33-34-29(35)40-19-26(36)32-31-17-22-7-5-6-8-25(22)39-18-27(37)38/h5-17H,18-19H2,1-4H3,(H2,32,36,37,38). The highest BCUT2D eigenvalue weighted by Gasteiger charge is 2.25. The Hall–Kier alpha value is -4.44. The number of rotatable bonds is 10. The number of carbonyl (C=O) groups is 2. The monoisotopic (exact) mass is 557 g/mol. The summed E-state index contributed by atoms with van der Waals surface area (Å²) < 4.78 is 7.20. The quantitative estimate of drug-likeness (QED) is 0.133. The van der Waals surface area contributed by atoms with Gasteiger partial charge < -0.3 is 14.6 Å². The summed E-state index contributed by atoms with van der Waals surface area (Å²) in [7, 11) is 0. The number of thioether (sulfide) groups is 1. The highest BCUT2D eigenvalue weighted by molar-refractivity contribution is 7.99. The number of carboxylic acids is 1. The molecule has 1 heterocycles. The number of hydrazone groups is 1. The van der Waals surface area contributed by atoms with Gasteiger partial charge in [-0.1, -0.05) is 62.7 Å². The Morgan fingerprint density at radius 2 is 1.77 bits per heavy atom. The Kier molecular flexibility index (Phi) is 9.00. The molecule has 0 aliphatic carbocycles. The van der Waals surface area contributed by atoms with Crippen LogP contribution in [0.15, 0.2) is 83.1 Å². The number of amides is 1. The molecule has 0 spiro atoms. The molecule has 0 fully saturated rings. The van der Waals surface area contributed by atoms with Crippen LogP contribution in [0.2, 0.25) is 0 Å². The van der Waals surface area contributed by atoms with E-state index in [0.717, 1.165) is 22.6 Å². The van der Waals surface area contributed by atoms with Gasteiger partial charge in [0.15, 0.2) is 0 Å². The number of nitrogens with one attached hydrogen (secondary N) is 2. The number of aliphatic carboxylic acids is 1. The summed E-state index contributed by atoms with van der Waals surface area (Å²) in [6, 6.07) is 23.3. The number of benzene rings is 3. The number of ether oxygens (including phenoxy) is 1. The third-order valence-electron chi connectivity index (χ3n) is 5.98. The van der Waals surface area contributed by atoms with Crippen LogP contribution < -0.4 is 19.8 Å². The zero-order chi connectivity index (χ0) is 28.7. The fourth-order valence-electron chi connectivity index (χ4n) is 3.84. The largest absolute Gasteiger partial charge is 0.546 e. The fourth-order valence-corrected chi connectivity index (χ4v) is 4.60. The highest BCUT2D eigenvalue weighted by Crippen LogP contribution is 2.26. The highest BCUT2D eigenvalue weighted by atomic mass is 32.2. The third-order valence-corrected chi connectivity index (χ3v) is 6.92. The van der Waals surface area contributed by atoms with Crippen LogP contribution in [0, 0.1) is 6.92 Å². The molecule has 0 aliphatic rings. The molecule has 0 atom stereocenters. The number of nitrogens with zero attached hydrogens (tertiary/aromatic N) is 3. The van der Waals surface area contributed by atoms with Crippen molar-refractivity contribution in [1.82, 2.24) is 15.6 Å². The molecule has 206 valence electrons. The summed E-state index contributed by atoms with van der Waals surface area (Å²) in [6.07, 6.45) is 1.40. The predicted molar refractivity (Wildman–Crippen MR) is 152 cm³/mol. The van der Waals surface area contributed by atoms with Crippen LogP contribution in [0.1, 0.15) is 37.5 Å². The molecule has 1 aromatic heterocycles. The molecule has 9 nitrogen and oxygen atoms in total. The maximum absolute atomic E-state index is 12.6. The molecule has 4 rings (SSSR count). The van der Waals surface area contributed by atoms with Crippen LogP contribution in [-0.2, 0) is 15.0 Å². The number of para-hydroxylation sites is 1. The first-order chi connectivity index (χ1) is 19.1. The van der Waals surface area contributed by atoms with Crippen LogP contribution in [0.5, 0.6) is 5.75 Å². The summed E-state index contributed by atoms with van der Waals surface area (Å²) in [5.41, 5.74) is 7.33. The van der Waals surface area contributed by atoms with Crippen molar-refractivity contribution >= 4 is 29.9 Å². The number of H-pyrrole nitrogens is 1. The van der Waals surface area contributed by atoms with Crippen molar-refractivity contribution in [3.63, 3.8) is 0 Å². The molecule has 0 saturated heterocycles. The van der Waals surface area contributed by atoms with Crippen LogP contribution >= 0.6 is 11.8 Å². The van der Waals surface area contributed by atoms with Crippen molar-refractivity contribution in [2.45, 2.75) is 38.3 Å². The minimum atomic E-state index is -1.33. The minimum Gasteiger partial charge on any atom is -0.546 e. The zero-order valence-electron chi connectivity index (χ0n) is 22.8. The van der Waals surface area contributed by atoms with E-state index in [-0.39, 0.29) is 17.1 Å². The number of carboxylic acid groups (broad SMARTS) is 1. The third kappa shape index (κ3) is 7.35. The van der Waals surface area contributed by atoms with Gasteiger partial charge in [-0.25, -0.2) is 5.43 Å². The molecular weight excluding hydrogens is 526 g/mol. The molecule has 0 aliphatic heterocycles. The lowest BCUT2D eigenvalue weighted by atomic mass is 9.87. The van der Waals surface area contributed by atoms with Crippen molar-refractivity contribution in [2.75, 3.05) is 12.4 Å². The van der Waals surface area contributed by atoms with E-state index in [1.807, 2.05) is 35.8 Å². The van der Waals surface area contributed by atoms with Crippen LogP contribution in [0.3, 0.4) is 0 Å². The Morgan fingerprint density at radius 3 is 2.45 bits per heavy atom. The van der Waals surface area contributed by atoms with Gasteiger partial charge in [0, 0.05) is 5.56 Å². The van der Waals surface area contributed by atoms with Crippen molar-refractivity contribution in [1.29, 1.82) is 0 Å². The van der Waals surface area contributed by atoms with Gasteiger partial charge in [-0.05, 0) is 66.1 Å². The van der Waals surface area contributed by atoms with Crippen LogP contribution in [0.4, 0.5) is 0 Å². The van der Waals surface area contributed by atoms with Gasteiger partial charge in [0.05, 0.1) is 28.6 Å². The SMILES string of the molecule is Cc1ccc(-[n+]2c(SCC(=O)NN=Cc3ccccc3OCC(=O)[O-])n[nH]c2-c2ccc(C(C)(C)C)cc2)cc1. The minimum absolute atomic E-state index is 0.0430. The first-order valence-corrected chi connectivity index (χ1v) is 13.6. The average Bonchev–Trinajstić information content (AvgIpc) is 3.35. The van der Waals surface area contributed by atoms with Gasteiger partial charge in [0.2, 0.25) is 0 Å². The Balaban J connectivity index is 1.49. The number of hydrogen-bond donors (Lipinski definition) is 2. The van der Waals surface area contributed by atoms with Crippen molar-refractivity contribution in [2.24, 2.45) is 5.10 Å². The van der Waals surface area contributed by atoms with Crippen molar-refractivity contribution in [3.05, 3.63) is 89.5 Å². The summed E-state index contributed by atoms with van der Waals surface area (Å²) in [5.74, 6) is -0.470. The maximum atomic E-state index is 12.6. The van der Waals surface area contributed by atoms with E-state index in [0.29, 0.717) is 16.5 Å². The molecule has 10 heteroatoms. The first kappa shape index (κ1) is 28.6. The number of aromatic nitrogens is 3. The number of hydrogen-bond acceptors (Lipinski definition) is 7. The van der Waals surface area contributed by atoms with E-state index in [9.17, 15) is 14.7 Å². The molecule has 0 saturated carbocycles. The first-order valence-electron chi connectivity index (χ1n) is 12.7. The molecule has 3 aromatic carbocycles. The van der Waals surface area contributed by atoms with E-state index in [2.05, 4.69) is 65.8 Å². The predicted octanol–water partition coefficient (Wildman–Crippen LogP) is 3.33. The van der Waals surface area contributed by atoms with Gasteiger partial charge in [-0.2, -0.15) is 9.67 Å². The normalized spacial score (nSPS) is 11.5. The summed E-state index contributed by atoms with van der Waals surface area (Å²) in [5, 5.41) is 23.0. The molecule has 0 radical (unpaired) electrons. The number of aryl methyl sites for hydroxylation is 1. The number of carbonyl (C=O) groups excluding carboxylic acids is 2. The van der Waals surface area contributed by atoms with Gasteiger partial charge >= 0.3 is 5.16 Å². The van der Waals surface area contributed by atoms with E-state index in [4.69, 9.17) is 4.74 Å². The molecule has 0 bridgehead atoms. The molecule has 40 heavy (non-hydrogen) atoms. The topological polar surface area (TPSA) is 123 Å². The molecule has 1 amide bonds. The Bertz CT molecular complexity index is 1510. The van der Waals surface area contributed by atoms with E-state index in [1.54, 1.807) is 24.3 Å². The summed E-state index contributed by atoms with van der Waals surface area (Å²) in [4.78, 5) is 23.3. The van der Waals surface area contributed by atoms with E-state index < -0.39 is 12.6 Å². The zero-order valence-corrected chi connectivity index (χ0v) is 23.6.